The van der Waals surface area contributed by atoms with Crippen LogP contribution in [0.3, 0.4) is 0 Å². The third-order valence-corrected chi connectivity index (χ3v) is 3.62. The van der Waals surface area contributed by atoms with Crippen LogP contribution in [0.1, 0.15) is 10.6 Å². The van der Waals surface area contributed by atoms with E-state index >= 15 is 0 Å². The van der Waals surface area contributed by atoms with E-state index in [9.17, 15) is 4.79 Å². The maximum absolute atomic E-state index is 11.8. The van der Waals surface area contributed by atoms with E-state index in [1.165, 1.54) is 11.3 Å². The largest absolute Gasteiger partial charge is 0.463 e. The van der Waals surface area contributed by atoms with Gasteiger partial charge in [-0.05, 0) is 30.7 Å². The van der Waals surface area contributed by atoms with E-state index in [1.807, 2.05) is 30.5 Å². The van der Waals surface area contributed by atoms with Crippen LogP contribution in [0, 0.1) is 6.92 Å². The topological polar surface area (TPSA) is 48.0 Å². The molecule has 3 heterocycles. The Labute approximate surface area is 114 Å². The third-order valence-electron chi connectivity index (χ3n) is 2.78. The highest BCUT2D eigenvalue weighted by Gasteiger charge is 2.07. The van der Waals surface area contributed by atoms with Crippen LogP contribution >= 0.6 is 11.3 Å². The van der Waals surface area contributed by atoms with Crippen LogP contribution in [0.15, 0.2) is 51.3 Å². The molecule has 3 rings (SSSR count). The van der Waals surface area contributed by atoms with Gasteiger partial charge in [-0.25, -0.2) is 4.98 Å². The first-order chi connectivity index (χ1) is 9.22. The molecule has 0 saturated carbocycles. The minimum absolute atomic E-state index is 0.00486. The number of pyridine rings is 1. The van der Waals surface area contributed by atoms with E-state index in [1.54, 1.807) is 23.1 Å². The Kier molecular flexibility index (Phi) is 3.05. The van der Waals surface area contributed by atoms with Gasteiger partial charge in [0, 0.05) is 17.6 Å². The Bertz CT molecular complexity index is 741. The lowest BCUT2D eigenvalue weighted by atomic mass is 10.3. The maximum atomic E-state index is 11.8. The number of thiazole rings is 1. The highest BCUT2D eigenvalue weighted by atomic mass is 32.1. The number of hydrogen-bond donors (Lipinski definition) is 0. The molecule has 3 aromatic heterocycles. The van der Waals surface area contributed by atoms with Crippen molar-refractivity contribution in [2.75, 3.05) is 0 Å². The van der Waals surface area contributed by atoms with E-state index in [4.69, 9.17) is 4.42 Å². The average Bonchev–Trinajstić information content (AvgIpc) is 3.03. The molecule has 4 nitrogen and oxygen atoms in total. The van der Waals surface area contributed by atoms with Crippen molar-refractivity contribution >= 4 is 11.3 Å². The minimum atomic E-state index is -0.00486. The number of hydrogen-bond acceptors (Lipinski definition) is 4. The van der Waals surface area contributed by atoms with E-state index in [0.29, 0.717) is 6.54 Å². The van der Waals surface area contributed by atoms with Crippen molar-refractivity contribution in [3.05, 3.63) is 63.0 Å². The SMILES string of the molecule is Cc1ccn(Cc2nc(-c3ccco3)cs2)c(=O)c1. The second kappa shape index (κ2) is 4.85. The van der Waals surface area contributed by atoms with Gasteiger partial charge in [-0.15, -0.1) is 11.3 Å². The summed E-state index contributed by atoms with van der Waals surface area (Å²) in [7, 11) is 0. The van der Waals surface area contributed by atoms with Crippen molar-refractivity contribution in [2.24, 2.45) is 0 Å². The number of rotatable bonds is 3. The normalized spacial score (nSPS) is 10.8. The van der Waals surface area contributed by atoms with E-state index < -0.39 is 0 Å². The molecule has 0 bridgehead atoms. The summed E-state index contributed by atoms with van der Waals surface area (Å²) in [6.07, 6.45) is 3.42. The summed E-state index contributed by atoms with van der Waals surface area (Å²) in [5, 5.41) is 2.82. The van der Waals surface area contributed by atoms with Gasteiger partial charge in [-0.2, -0.15) is 0 Å². The lowest BCUT2D eigenvalue weighted by Crippen LogP contribution is -2.19. The fourth-order valence-corrected chi connectivity index (χ4v) is 2.59. The fraction of sp³-hybridized carbons (Fsp3) is 0.143. The summed E-state index contributed by atoms with van der Waals surface area (Å²) in [6.45, 7) is 2.40. The lowest BCUT2D eigenvalue weighted by molar-refractivity contribution is 0.580. The van der Waals surface area contributed by atoms with Crippen LogP contribution in [0.2, 0.25) is 0 Å². The van der Waals surface area contributed by atoms with Crippen molar-refractivity contribution < 1.29 is 4.42 Å². The zero-order chi connectivity index (χ0) is 13.2. The van der Waals surface area contributed by atoms with Crippen molar-refractivity contribution in [1.82, 2.24) is 9.55 Å². The Morgan fingerprint density at radius 3 is 3.05 bits per heavy atom. The van der Waals surface area contributed by atoms with Crippen LogP contribution in [0.25, 0.3) is 11.5 Å². The number of nitrogens with zero attached hydrogens (tertiary/aromatic N) is 2. The van der Waals surface area contributed by atoms with E-state index in [2.05, 4.69) is 4.98 Å². The molecule has 96 valence electrons. The monoisotopic (exact) mass is 272 g/mol. The quantitative estimate of drug-likeness (QED) is 0.736. The summed E-state index contributed by atoms with van der Waals surface area (Å²) >= 11 is 1.52. The van der Waals surface area contributed by atoms with Crippen LogP contribution in [0.5, 0.6) is 0 Å². The summed E-state index contributed by atoms with van der Waals surface area (Å²) in [6, 6.07) is 7.25. The van der Waals surface area contributed by atoms with Crippen LogP contribution in [-0.4, -0.2) is 9.55 Å². The molecule has 0 aliphatic rings. The van der Waals surface area contributed by atoms with Crippen molar-refractivity contribution in [3.63, 3.8) is 0 Å². The molecule has 0 N–H and O–H groups in total. The molecule has 0 spiro atoms. The van der Waals surface area contributed by atoms with Crippen molar-refractivity contribution in [2.45, 2.75) is 13.5 Å². The second-order valence-electron chi connectivity index (χ2n) is 4.27. The second-order valence-corrected chi connectivity index (χ2v) is 5.22. The van der Waals surface area contributed by atoms with E-state index in [0.717, 1.165) is 22.0 Å². The number of furan rings is 1. The first-order valence-corrected chi connectivity index (χ1v) is 6.76. The maximum Gasteiger partial charge on any atom is 0.251 e. The zero-order valence-electron chi connectivity index (χ0n) is 10.4. The molecule has 0 saturated heterocycles. The Morgan fingerprint density at radius 1 is 1.42 bits per heavy atom. The van der Waals surface area contributed by atoms with E-state index in [-0.39, 0.29) is 5.56 Å². The standard InChI is InChI=1S/C14H12N2O2S/c1-10-4-5-16(14(17)7-10)8-13-15-11(9-19-13)12-3-2-6-18-12/h2-7,9H,8H2,1H3. The third kappa shape index (κ3) is 2.51. The van der Waals surface area contributed by atoms with Gasteiger partial charge in [-0.1, -0.05) is 0 Å². The lowest BCUT2D eigenvalue weighted by Gasteiger charge is -2.02. The highest BCUT2D eigenvalue weighted by molar-refractivity contribution is 7.09. The molecule has 0 aliphatic heterocycles. The Balaban J connectivity index is 1.86. The van der Waals surface area contributed by atoms with Crippen LogP contribution in [-0.2, 0) is 6.54 Å². The van der Waals surface area contributed by atoms with Crippen molar-refractivity contribution in [1.29, 1.82) is 0 Å². The van der Waals surface area contributed by atoms with Gasteiger partial charge in [0.15, 0.2) is 5.76 Å². The van der Waals surface area contributed by atoms with Gasteiger partial charge in [0.05, 0.1) is 12.8 Å². The molecule has 0 fully saturated rings. The molecule has 19 heavy (non-hydrogen) atoms. The van der Waals surface area contributed by atoms with Gasteiger partial charge < -0.3 is 8.98 Å². The highest BCUT2D eigenvalue weighted by Crippen LogP contribution is 2.22. The van der Waals surface area contributed by atoms with Gasteiger partial charge in [0.2, 0.25) is 0 Å². The van der Waals surface area contributed by atoms with Gasteiger partial charge in [-0.3, -0.25) is 4.79 Å². The fourth-order valence-electron chi connectivity index (χ4n) is 1.80. The molecular formula is C14H12N2O2S. The summed E-state index contributed by atoms with van der Waals surface area (Å²) < 4.78 is 6.95. The van der Waals surface area contributed by atoms with Gasteiger partial charge in [0.25, 0.3) is 5.56 Å². The van der Waals surface area contributed by atoms with Gasteiger partial charge >= 0.3 is 0 Å². The average molecular weight is 272 g/mol. The predicted octanol–water partition coefficient (Wildman–Crippen LogP) is 2.92. The summed E-state index contributed by atoms with van der Waals surface area (Å²) in [5.41, 5.74) is 1.77. The zero-order valence-corrected chi connectivity index (χ0v) is 11.2. The van der Waals surface area contributed by atoms with Crippen molar-refractivity contribution in [3.8, 4) is 11.5 Å². The predicted molar refractivity (Wildman–Crippen MR) is 74.4 cm³/mol. The molecule has 0 amide bonds. The molecule has 5 heteroatoms. The minimum Gasteiger partial charge on any atom is -0.463 e. The Morgan fingerprint density at radius 2 is 2.32 bits per heavy atom. The first-order valence-electron chi connectivity index (χ1n) is 5.88. The molecule has 3 aromatic rings. The molecule has 0 aromatic carbocycles. The Hall–Kier alpha value is -2.14. The van der Waals surface area contributed by atoms with Crippen LogP contribution in [0.4, 0.5) is 0 Å². The molecule has 0 unspecified atom stereocenters. The van der Waals surface area contributed by atoms with Crippen LogP contribution < -0.4 is 5.56 Å². The number of aromatic nitrogens is 2. The summed E-state index contributed by atoms with van der Waals surface area (Å²) in [4.78, 5) is 16.3. The van der Waals surface area contributed by atoms with Gasteiger partial charge in [0.1, 0.15) is 10.7 Å². The molecule has 0 atom stereocenters. The molecular weight excluding hydrogens is 260 g/mol. The summed E-state index contributed by atoms with van der Waals surface area (Å²) in [5.74, 6) is 0.749. The molecule has 0 aliphatic carbocycles. The first kappa shape index (κ1) is 11.9. The number of aryl methyl sites for hydroxylation is 1. The molecule has 0 radical (unpaired) electrons. The smallest absolute Gasteiger partial charge is 0.251 e.